The van der Waals surface area contributed by atoms with Crippen molar-refractivity contribution in [2.45, 2.75) is 6.92 Å². The Kier molecular flexibility index (Phi) is 6.24. The highest BCUT2D eigenvalue weighted by atomic mass is 32.1. The first kappa shape index (κ1) is 19.4. The van der Waals surface area contributed by atoms with Gasteiger partial charge in [-0.1, -0.05) is 30.3 Å². The van der Waals surface area contributed by atoms with E-state index in [4.69, 9.17) is 4.74 Å². The molecule has 3 rings (SSSR count). The van der Waals surface area contributed by atoms with E-state index in [0.29, 0.717) is 17.0 Å². The lowest BCUT2D eigenvalue weighted by atomic mass is 10.1. The van der Waals surface area contributed by atoms with E-state index >= 15 is 0 Å². The fourth-order valence-electron chi connectivity index (χ4n) is 2.59. The summed E-state index contributed by atoms with van der Waals surface area (Å²) in [5, 5.41) is 7.46. The van der Waals surface area contributed by atoms with Gasteiger partial charge in [0.25, 0.3) is 11.8 Å². The van der Waals surface area contributed by atoms with Crippen molar-refractivity contribution < 1.29 is 14.3 Å². The van der Waals surface area contributed by atoms with Crippen LogP contribution in [0.5, 0.6) is 5.75 Å². The van der Waals surface area contributed by atoms with Crippen LogP contribution in [0.4, 0.5) is 5.69 Å². The summed E-state index contributed by atoms with van der Waals surface area (Å²) >= 11 is 1.48. The number of thiophene rings is 1. The molecular weight excluding hydrogens is 372 g/mol. The minimum absolute atomic E-state index is 0.165. The van der Waals surface area contributed by atoms with E-state index in [1.807, 2.05) is 36.6 Å². The van der Waals surface area contributed by atoms with Gasteiger partial charge in [-0.3, -0.25) is 9.59 Å². The highest BCUT2D eigenvalue weighted by molar-refractivity contribution is 7.10. The van der Waals surface area contributed by atoms with Crippen molar-refractivity contribution in [3.8, 4) is 5.75 Å². The summed E-state index contributed by atoms with van der Waals surface area (Å²) in [4.78, 5) is 26.4. The molecule has 0 aliphatic heterocycles. The first-order valence-electron chi connectivity index (χ1n) is 8.64. The molecule has 0 unspecified atom stereocenters. The molecule has 3 aromatic rings. The van der Waals surface area contributed by atoms with E-state index in [1.165, 1.54) is 11.3 Å². The molecular formula is C22H20N2O3S. The number of rotatable bonds is 6. The van der Waals surface area contributed by atoms with Gasteiger partial charge >= 0.3 is 0 Å². The Labute approximate surface area is 167 Å². The van der Waals surface area contributed by atoms with Gasteiger partial charge in [0.05, 0.1) is 7.11 Å². The molecule has 142 valence electrons. The summed E-state index contributed by atoms with van der Waals surface area (Å²) in [7, 11) is 1.56. The molecule has 2 N–H and O–H groups in total. The highest BCUT2D eigenvalue weighted by Crippen LogP contribution is 2.19. The highest BCUT2D eigenvalue weighted by Gasteiger charge is 2.16. The van der Waals surface area contributed by atoms with Gasteiger partial charge in [-0.15, -0.1) is 11.3 Å². The maximum absolute atomic E-state index is 12.9. The van der Waals surface area contributed by atoms with Crippen LogP contribution >= 0.6 is 11.3 Å². The van der Waals surface area contributed by atoms with Gasteiger partial charge in [0.1, 0.15) is 11.4 Å². The van der Waals surface area contributed by atoms with E-state index in [9.17, 15) is 9.59 Å². The average Bonchev–Trinajstić information content (AvgIpc) is 3.21. The molecule has 5 nitrogen and oxygen atoms in total. The lowest BCUT2D eigenvalue weighted by molar-refractivity contribution is -0.113. The first-order valence-corrected chi connectivity index (χ1v) is 9.52. The van der Waals surface area contributed by atoms with Crippen molar-refractivity contribution in [3.63, 3.8) is 0 Å². The van der Waals surface area contributed by atoms with E-state index in [1.54, 1.807) is 49.6 Å². The van der Waals surface area contributed by atoms with Gasteiger partial charge in [0.2, 0.25) is 0 Å². The largest absolute Gasteiger partial charge is 0.497 e. The van der Waals surface area contributed by atoms with E-state index in [-0.39, 0.29) is 11.6 Å². The number of amides is 2. The summed E-state index contributed by atoms with van der Waals surface area (Å²) in [5.41, 5.74) is 2.10. The van der Waals surface area contributed by atoms with Crippen molar-refractivity contribution in [1.82, 2.24) is 5.32 Å². The summed E-state index contributed by atoms with van der Waals surface area (Å²) in [5.74, 6) is -0.115. The zero-order valence-electron chi connectivity index (χ0n) is 15.6. The van der Waals surface area contributed by atoms with Gasteiger partial charge in [0.15, 0.2) is 0 Å². The van der Waals surface area contributed by atoms with Crippen molar-refractivity contribution in [3.05, 3.63) is 87.7 Å². The molecule has 2 aromatic carbocycles. The van der Waals surface area contributed by atoms with Gasteiger partial charge in [-0.2, -0.15) is 0 Å². The second-order valence-corrected chi connectivity index (χ2v) is 7.01. The van der Waals surface area contributed by atoms with Crippen LogP contribution < -0.4 is 15.4 Å². The number of aryl methyl sites for hydroxylation is 1. The molecule has 0 saturated carbocycles. The lowest BCUT2D eigenvalue weighted by Gasteiger charge is -2.12. The number of carbonyl (C=O) groups is 2. The average molecular weight is 392 g/mol. The van der Waals surface area contributed by atoms with Crippen LogP contribution in [0.1, 0.15) is 20.8 Å². The third-order valence-corrected chi connectivity index (χ3v) is 4.86. The number of hydrogen-bond acceptors (Lipinski definition) is 4. The second kappa shape index (κ2) is 9.01. The molecule has 0 atom stereocenters. The van der Waals surface area contributed by atoms with Crippen LogP contribution in [0.3, 0.4) is 0 Å². The molecule has 0 spiro atoms. The number of anilines is 1. The van der Waals surface area contributed by atoms with Crippen LogP contribution in [-0.4, -0.2) is 18.9 Å². The molecule has 0 aliphatic carbocycles. The predicted molar refractivity (Wildman–Crippen MR) is 113 cm³/mol. The SMILES string of the molecule is COc1cccc(NC(=O)/C(=C/c2cccs2)NC(=O)c2ccccc2C)c1. The zero-order chi connectivity index (χ0) is 19.9. The van der Waals surface area contributed by atoms with Gasteiger partial charge < -0.3 is 15.4 Å². The minimum Gasteiger partial charge on any atom is -0.497 e. The summed E-state index contributed by atoms with van der Waals surface area (Å²) in [6.45, 7) is 1.86. The molecule has 28 heavy (non-hydrogen) atoms. The first-order chi connectivity index (χ1) is 13.6. The van der Waals surface area contributed by atoms with Crippen molar-refractivity contribution in [1.29, 1.82) is 0 Å². The molecule has 0 aliphatic rings. The third kappa shape index (κ3) is 4.86. The fourth-order valence-corrected chi connectivity index (χ4v) is 3.25. The Bertz CT molecular complexity index is 1010. The second-order valence-electron chi connectivity index (χ2n) is 6.03. The molecule has 0 bridgehead atoms. The van der Waals surface area contributed by atoms with E-state index in [0.717, 1.165) is 10.4 Å². The topological polar surface area (TPSA) is 67.4 Å². The van der Waals surface area contributed by atoms with Crippen LogP contribution in [0.25, 0.3) is 6.08 Å². The number of benzene rings is 2. The molecule has 1 heterocycles. The minimum atomic E-state index is -0.413. The van der Waals surface area contributed by atoms with Crippen LogP contribution in [-0.2, 0) is 4.79 Å². The smallest absolute Gasteiger partial charge is 0.272 e. The van der Waals surface area contributed by atoms with Gasteiger partial charge in [0, 0.05) is 22.2 Å². The summed E-state index contributed by atoms with van der Waals surface area (Å²) < 4.78 is 5.18. The summed E-state index contributed by atoms with van der Waals surface area (Å²) in [6.07, 6.45) is 1.66. The number of hydrogen-bond donors (Lipinski definition) is 2. The van der Waals surface area contributed by atoms with Crippen LogP contribution in [0, 0.1) is 6.92 Å². The van der Waals surface area contributed by atoms with Crippen molar-refractivity contribution in [2.24, 2.45) is 0 Å². The fraction of sp³-hybridized carbons (Fsp3) is 0.0909. The monoisotopic (exact) mass is 392 g/mol. The number of carbonyl (C=O) groups excluding carboxylic acids is 2. The molecule has 1 aromatic heterocycles. The van der Waals surface area contributed by atoms with E-state index in [2.05, 4.69) is 10.6 Å². The standard InChI is InChI=1S/C22H20N2O3S/c1-15-7-3-4-11-19(15)21(25)24-20(14-18-10-6-12-28-18)22(26)23-16-8-5-9-17(13-16)27-2/h3-14H,1-2H3,(H,23,26)(H,24,25)/b20-14-. The summed E-state index contributed by atoms with van der Waals surface area (Å²) in [6, 6.07) is 18.0. The van der Waals surface area contributed by atoms with Crippen molar-refractivity contribution >= 4 is 34.9 Å². The Morgan fingerprint density at radius 2 is 1.86 bits per heavy atom. The number of methoxy groups -OCH3 is 1. The Hall–Kier alpha value is -3.38. The molecule has 0 fully saturated rings. The van der Waals surface area contributed by atoms with Gasteiger partial charge in [-0.25, -0.2) is 0 Å². The maximum Gasteiger partial charge on any atom is 0.272 e. The zero-order valence-corrected chi connectivity index (χ0v) is 16.4. The van der Waals surface area contributed by atoms with Gasteiger partial charge in [-0.05, 0) is 48.2 Å². The molecule has 0 saturated heterocycles. The normalized spacial score (nSPS) is 11.0. The van der Waals surface area contributed by atoms with Crippen LogP contribution in [0.15, 0.2) is 71.7 Å². The number of ether oxygens (including phenoxy) is 1. The van der Waals surface area contributed by atoms with E-state index < -0.39 is 5.91 Å². The molecule has 0 radical (unpaired) electrons. The lowest BCUT2D eigenvalue weighted by Crippen LogP contribution is -2.31. The van der Waals surface area contributed by atoms with Crippen molar-refractivity contribution in [2.75, 3.05) is 12.4 Å². The quantitative estimate of drug-likeness (QED) is 0.608. The molecule has 2 amide bonds. The van der Waals surface area contributed by atoms with Crippen LogP contribution in [0.2, 0.25) is 0 Å². The number of nitrogens with one attached hydrogen (secondary N) is 2. The maximum atomic E-state index is 12.9. The Morgan fingerprint density at radius 3 is 2.57 bits per heavy atom. The predicted octanol–water partition coefficient (Wildman–Crippen LogP) is 4.47. The Balaban J connectivity index is 1.85. The molecule has 6 heteroatoms. The Morgan fingerprint density at radius 1 is 1.04 bits per heavy atom. The third-order valence-electron chi connectivity index (χ3n) is 4.04.